The Morgan fingerprint density at radius 1 is 1.19 bits per heavy atom. The van der Waals surface area contributed by atoms with Gasteiger partial charge in [0.25, 0.3) is 0 Å². The molecule has 1 saturated carbocycles. The van der Waals surface area contributed by atoms with E-state index >= 15 is 0 Å². The highest BCUT2D eigenvalue weighted by atomic mass is 35.5. The molecule has 0 radical (unpaired) electrons. The summed E-state index contributed by atoms with van der Waals surface area (Å²) in [5.41, 5.74) is 2.54. The number of fused-ring (bicyclic) bond motifs is 1. The number of carbonyl (C=O) groups excluding carboxylic acids is 3. The van der Waals surface area contributed by atoms with Crippen LogP contribution in [0.1, 0.15) is 25.7 Å². The largest absolute Gasteiger partial charge is 0.496 e. The molecule has 1 aliphatic heterocycles. The molecule has 2 amide bonds. The zero-order valence-corrected chi connectivity index (χ0v) is 15.7. The Morgan fingerprint density at radius 2 is 1.96 bits per heavy atom. The van der Waals surface area contributed by atoms with E-state index in [2.05, 4.69) is 15.8 Å². The Hall–Kier alpha value is -2.38. The highest BCUT2D eigenvalue weighted by Gasteiger charge is 2.36. The first-order valence-electron chi connectivity index (χ1n) is 8.45. The molecule has 142 valence electrons. The van der Waals surface area contributed by atoms with E-state index in [0.717, 1.165) is 25.7 Å². The summed E-state index contributed by atoms with van der Waals surface area (Å²) in [5.74, 6) is -2.21. The minimum Gasteiger partial charge on any atom is -0.496 e. The molecular formula is C18H17Cl2N3O4. The smallest absolute Gasteiger partial charge is 0.329 e. The van der Waals surface area contributed by atoms with Gasteiger partial charge in [0.2, 0.25) is 0 Å². The second-order valence-corrected chi connectivity index (χ2v) is 7.04. The van der Waals surface area contributed by atoms with Crippen molar-refractivity contribution < 1.29 is 19.1 Å². The predicted octanol–water partition coefficient (Wildman–Crippen LogP) is 3.08. The summed E-state index contributed by atoms with van der Waals surface area (Å²) in [4.78, 5) is 36.2. The van der Waals surface area contributed by atoms with Gasteiger partial charge in [0.1, 0.15) is 6.10 Å². The van der Waals surface area contributed by atoms with Crippen molar-refractivity contribution in [3.63, 3.8) is 0 Å². The summed E-state index contributed by atoms with van der Waals surface area (Å²) >= 11 is 11.8. The highest BCUT2D eigenvalue weighted by molar-refractivity contribution is 6.45. The number of hydrogen-bond donors (Lipinski definition) is 2. The standard InChI is InChI=1S/C18H17Cl2N3O4/c19-12-5-3-6-13(15(12)20)22-17(25)18(26)23-21-8-10-9-27-14-7-2-1-4-11(14)16(10)24/h3,5-6,8-9,11,14H,1-2,4,7H2,(H,22,25)(H,23,26)/b21-8+. The average Bonchev–Trinajstić information content (AvgIpc) is 2.67. The lowest BCUT2D eigenvalue weighted by atomic mass is 9.80. The van der Waals surface area contributed by atoms with Crippen LogP contribution in [0.15, 0.2) is 35.1 Å². The number of nitrogens with one attached hydrogen (secondary N) is 2. The lowest BCUT2D eigenvalue weighted by Crippen LogP contribution is -2.37. The van der Waals surface area contributed by atoms with Crippen LogP contribution in [0.3, 0.4) is 0 Å². The number of rotatable bonds is 3. The van der Waals surface area contributed by atoms with E-state index in [1.807, 2.05) is 0 Å². The molecule has 2 atom stereocenters. The number of benzene rings is 1. The second kappa shape index (κ2) is 8.54. The van der Waals surface area contributed by atoms with Gasteiger partial charge in [-0.05, 0) is 31.4 Å². The monoisotopic (exact) mass is 409 g/mol. The number of nitrogens with zero attached hydrogens (tertiary/aromatic N) is 1. The maximum atomic E-state index is 12.4. The van der Waals surface area contributed by atoms with Crippen LogP contribution in [0.5, 0.6) is 0 Å². The minimum absolute atomic E-state index is 0.0564. The first-order valence-corrected chi connectivity index (χ1v) is 9.21. The zero-order chi connectivity index (χ0) is 19.4. The van der Waals surface area contributed by atoms with Gasteiger partial charge in [-0.2, -0.15) is 5.10 Å². The van der Waals surface area contributed by atoms with Crippen LogP contribution in [-0.2, 0) is 19.1 Å². The van der Waals surface area contributed by atoms with Crippen LogP contribution >= 0.6 is 23.2 Å². The van der Waals surface area contributed by atoms with E-state index in [4.69, 9.17) is 27.9 Å². The number of ketones is 1. The van der Waals surface area contributed by atoms with Crippen LogP contribution in [0.4, 0.5) is 5.69 Å². The Balaban J connectivity index is 1.56. The Bertz CT molecular complexity index is 838. The van der Waals surface area contributed by atoms with Gasteiger partial charge in [-0.25, -0.2) is 5.43 Å². The first kappa shape index (κ1) is 19.4. The number of halogens is 2. The molecule has 2 N–H and O–H groups in total. The van der Waals surface area contributed by atoms with Crippen molar-refractivity contribution in [3.8, 4) is 0 Å². The van der Waals surface area contributed by atoms with E-state index in [1.165, 1.54) is 18.5 Å². The Kier molecular flexibility index (Phi) is 6.13. The molecule has 0 aromatic heterocycles. The predicted molar refractivity (Wildman–Crippen MR) is 102 cm³/mol. The minimum atomic E-state index is -1.01. The lowest BCUT2D eigenvalue weighted by Gasteiger charge is -2.33. The fourth-order valence-electron chi connectivity index (χ4n) is 3.08. The molecule has 9 heteroatoms. The van der Waals surface area contributed by atoms with Gasteiger partial charge >= 0.3 is 11.8 Å². The van der Waals surface area contributed by atoms with Crippen molar-refractivity contribution in [1.82, 2.24) is 5.43 Å². The fraction of sp³-hybridized carbons (Fsp3) is 0.333. The molecule has 7 nitrogen and oxygen atoms in total. The number of ether oxygens (including phenoxy) is 1. The molecule has 0 saturated heterocycles. The van der Waals surface area contributed by atoms with Crippen molar-refractivity contribution in [2.75, 3.05) is 5.32 Å². The third-order valence-electron chi connectivity index (χ3n) is 4.47. The van der Waals surface area contributed by atoms with E-state index in [1.54, 1.807) is 12.1 Å². The first-order chi connectivity index (χ1) is 13.0. The van der Waals surface area contributed by atoms with Crippen LogP contribution in [0.25, 0.3) is 0 Å². The van der Waals surface area contributed by atoms with Crippen LogP contribution in [-0.4, -0.2) is 29.9 Å². The average molecular weight is 410 g/mol. The van der Waals surface area contributed by atoms with Crippen molar-refractivity contribution in [3.05, 3.63) is 40.1 Å². The number of amides is 2. The summed E-state index contributed by atoms with van der Waals surface area (Å²) in [7, 11) is 0. The van der Waals surface area contributed by atoms with Gasteiger partial charge in [-0.1, -0.05) is 35.7 Å². The number of carbonyl (C=O) groups is 3. The van der Waals surface area contributed by atoms with E-state index < -0.39 is 11.8 Å². The summed E-state index contributed by atoms with van der Waals surface area (Å²) in [6.07, 6.45) is 6.15. The number of allylic oxidation sites excluding steroid dienone is 1. The zero-order valence-electron chi connectivity index (χ0n) is 14.2. The van der Waals surface area contributed by atoms with Gasteiger partial charge in [0.05, 0.1) is 39.7 Å². The molecule has 1 aromatic rings. The normalized spacial score (nSPS) is 21.9. The van der Waals surface area contributed by atoms with Crippen molar-refractivity contribution in [2.45, 2.75) is 31.8 Å². The number of hydrogen-bond acceptors (Lipinski definition) is 5. The van der Waals surface area contributed by atoms with Gasteiger partial charge in [0, 0.05) is 0 Å². The molecule has 2 aliphatic rings. The van der Waals surface area contributed by atoms with Crippen LogP contribution in [0, 0.1) is 5.92 Å². The third kappa shape index (κ3) is 4.48. The van der Waals surface area contributed by atoms with E-state index in [0.29, 0.717) is 0 Å². The van der Waals surface area contributed by atoms with Crippen LogP contribution < -0.4 is 10.7 Å². The maximum absolute atomic E-state index is 12.4. The molecular weight excluding hydrogens is 393 g/mol. The Morgan fingerprint density at radius 3 is 2.78 bits per heavy atom. The number of anilines is 1. The Labute approximate surface area is 165 Å². The molecule has 1 aliphatic carbocycles. The van der Waals surface area contributed by atoms with Crippen molar-refractivity contribution >= 4 is 52.7 Å². The van der Waals surface area contributed by atoms with Gasteiger partial charge in [0.15, 0.2) is 5.78 Å². The third-order valence-corrected chi connectivity index (χ3v) is 5.29. The topological polar surface area (TPSA) is 96.9 Å². The van der Waals surface area contributed by atoms with Gasteiger partial charge in [-0.15, -0.1) is 0 Å². The number of hydrazone groups is 1. The summed E-state index contributed by atoms with van der Waals surface area (Å²) in [6, 6.07) is 4.64. The highest BCUT2D eigenvalue weighted by Crippen LogP contribution is 2.32. The van der Waals surface area contributed by atoms with Crippen molar-refractivity contribution in [2.24, 2.45) is 11.0 Å². The molecule has 1 fully saturated rings. The summed E-state index contributed by atoms with van der Waals surface area (Å²) in [6.45, 7) is 0. The van der Waals surface area contributed by atoms with Crippen molar-refractivity contribution in [1.29, 1.82) is 0 Å². The number of Topliss-reactive ketones (excluding diaryl/α,β-unsaturated/α-hetero) is 1. The molecule has 0 bridgehead atoms. The molecule has 1 aromatic carbocycles. The lowest BCUT2D eigenvalue weighted by molar-refractivity contribution is -0.136. The summed E-state index contributed by atoms with van der Waals surface area (Å²) < 4.78 is 5.58. The molecule has 0 spiro atoms. The SMILES string of the molecule is O=C(N/N=C/C1=COC2CCCCC2C1=O)C(=O)Nc1cccc(Cl)c1Cl. The van der Waals surface area contributed by atoms with E-state index in [-0.39, 0.29) is 39.1 Å². The second-order valence-electron chi connectivity index (χ2n) is 6.26. The molecule has 1 heterocycles. The summed E-state index contributed by atoms with van der Waals surface area (Å²) in [5, 5.41) is 6.38. The molecule has 3 rings (SSSR count). The molecule has 27 heavy (non-hydrogen) atoms. The van der Waals surface area contributed by atoms with Gasteiger partial charge < -0.3 is 10.1 Å². The maximum Gasteiger partial charge on any atom is 0.329 e. The fourth-order valence-corrected chi connectivity index (χ4v) is 3.42. The van der Waals surface area contributed by atoms with Gasteiger partial charge in [-0.3, -0.25) is 14.4 Å². The van der Waals surface area contributed by atoms with Crippen LogP contribution in [0.2, 0.25) is 10.0 Å². The van der Waals surface area contributed by atoms with E-state index in [9.17, 15) is 14.4 Å². The molecule has 2 unspecified atom stereocenters. The quantitative estimate of drug-likeness (QED) is 0.455.